The third-order valence-corrected chi connectivity index (χ3v) is 6.51. The lowest BCUT2D eigenvalue weighted by atomic mass is 10.1. The lowest BCUT2D eigenvalue weighted by Crippen LogP contribution is -2.42. The Hall–Kier alpha value is -0.810. The summed E-state index contributed by atoms with van der Waals surface area (Å²) < 4.78 is 1.76. The summed E-state index contributed by atoms with van der Waals surface area (Å²) in [5, 5.41) is 4.70. The highest BCUT2D eigenvalue weighted by atomic mass is 32.2. The van der Waals surface area contributed by atoms with Gasteiger partial charge >= 0.3 is 0 Å². The van der Waals surface area contributed by atoms with E-state index in [2.05, 4.69) is 4.90 Å². The van der Waals surface area contributed by atoms with E-state index >= 15 is 0 Å². The molecule has 0 radical (unpaired) electrons. The van der Waals surface area contributed by atoms with Crippen LogP contribution in [0.3, 0.4) is 0 Å². The van der Waals surface area contributed by atoms with Crippen molar-refractivity contribution in [1.29, 1.82) is 0 Å². The molecule has 1 saturated carbocycles. The van der Waals surface area contributed by atoms with Gasteiger partial charge in [-0.1, -0.05) is 12.8 Å². The molecule has 120 valence electrons. The van der Waals surface area contributed by atoms with Gasteiger partial charge in [-0.3, -0.25) is 9.69 Å². The van der Waals surface area contributed by atoms with E-state index < -0.39 is 0 Å². The number of hydrogen-bond donors (Lipinski definition) is 0. The number of rotatable bonds is 3. The van der Waals surface area contributed by atoms with Gasteiger partial charge < -0.3 is 0 Å². The Balaban J connectivity index is 1.53. The molecule has 4 rings (SSSR count). The van der Waals surface area contributed by atoms with E-state index in [1.807, 2.05) is 17.8 Å². The van der Waals surface area contributed by atoms with E-state index in [0.717, 1.165) is 41.8 Å². The van der Waals surface area contributed by atoms with Gasteiger partial charge in [-0.2, -0.15) is 16.9 Å². The lowest BCUT2D eigenvalue weighted by Gasteiger charge is -2.30. The minimum Gasteiger partial charge on any atom is -0.296 e. The van der Waals surface area contributed by atoms with Crippen molar-refractivity contribution in [3.63, 3.8) is 0 Å². The second kappa shape index (κ2) is 6.36. The number of hydrogen-bond acceptors (Lipinski definition) is 4. The van der Waals surface area contributed by atoms with Crippen LogP contribution in [0, 0.1) is 0 Å². The smallest absolute Gasteiger partial charge is 0.267 e. The summed E-state index contributed by atoms with van der Waals surface area (Å²) in [5.74, 6) is 2.09. The summed E-state index contributed by atoms with van der Waals surface area (Å²) >= 11 is 1.91. The zero-order valence-corrected chi connectivity index (χ0v) is 14.0. The monoisotopic (exact) mass is 319 g/mol. The maximum Gasteiger partial charge on any atom is 0.267 e. The van der Waals surface area contributed by atoms with Gasteiger partial charge in [0.25, 0.3) is 5.56 Å². The zero-order chi connectivity index (χ0) is 14.9. The summed E-state index contributed by atoms with van der Waals surface area (Å²) in [5.41, 5.74) is 2.42. The van der Waals surface area contributed by atoms with Crippen molar-refractivity contribution < 1.29 is 0 Å². The average molecular weight is 319 g/mol. The minimum atomic E-state index is 0.0968. The van der Waals surface area contributed by atoms with E-state index in [1.165, 1.54) is 45.1 Å². The van der Waals surface area contributed by atoms with Gasteiger partial charge in [0.05, 0.1) is 12.2 Å². The van der Waals surface area contributed by atoms with Crippen molar-refractivity contribution in [2.75, 3.05) is 12.3 Å². The second-order valence-electron chi connectivity index (χ2n) is 6.91. The Bertz CT molecular complexity index is 594. The summed E-state index contributed by atoms with van der Waals surface area (Å²) in [6, 6.07) is 3.12. The van der Waals surface area contributed by atoms with Crippen molar-refractivity contribution in [2.45, 2.75) is 69.3 Å². The predicted molar refractivity (Wildman–Crippen MR) is 90.3 cm³/mol. The van der Waals surface area contributed by atoms with Crippen LogP contribution in [0.4, 0.5) is 0 Å². The highest BCUT2D eigenvalue weighted by Gasteiger charge is 2.32. The Morgan fingerprint density at radius 3 is 2.95 bits per heavy atom. The molecule has 0 bridgehead atoms. The van der Waals surface area contributed by atoms with Crippen molar-refractivity contribution in [3.05, 3.63) is 27.7 Å². The largest absolute Gasteiger partial charge is 0.296 e. The lowest BCUT2D eigenvalue weighted by molar-refractivity contribution is 0.162. The SMILES string of the molecule is O=c1cc2c(nn1CC1CCCN1C1CCCC1)CCSC2. The Morgan fingerprint density at radius 2 is 2.09 bits per heavy atom. The normalized spacial score (nSPS) is 26.5. The average Bonchev–Trinajstić information content (AvgIpc) is 3.18. The van der Waals surface area contributed by atoms with Crippen LogP contribution in [0.5, 0.6) is 0 Å². The molecule has 5 heteroatoms. The first-order chi connectivity index (χ1) is 10.8. The van der Waals surface area contributed by atoms with Crippen LogP contribution in [0.25, 0.3) is 0 Å². The third-order valence-electron chi connectivity index (χ3n) is 5.51. The molecule has 1 atom stereocenters. The minimum absolute atomic E-state index is 0.0968. The van der Waals surface area contributed by atoms with Gasteiger partial charge in [0.2, 0.25) is 0 Å². The Kier molecular flexibility index (Phi) is 4.27. The van der Waals surface area contributed by atoms with Crippen molar-refractivity contribution >= 4 is 11.8 Å². The van der Waals surface area contributed by atoms with Gasteiger partial charge in [-0.25, -0.2) is 4.68 Å². The molecule has 2 aliphatic heterocycles. The first-order valence-electron chi connectivity index (χ1n) is 8.74. The summed E-state index contributed by atoms with van der Waals surface area (Å²) in [4.78, 5) is 15.1. The molecule has 0 N–H and O–H groups in total. The van der Waals surface area contributed by atoms with Crippen LogP contribution in [-0.2, 0) is 18.7 Å². The van der Waals surface area contributed by atoms with Crippen LogP contribution >= 0.6 is 11.8 Å². The Morgan fingerprint density at radius 1 is 1.23 bits per heavy atom. The quantitative estimate of drug-likeness (QED) is 0.858. The maximum absolute atomic E-state index is 12.4. The maximum atomic E-state index is 12.4. The van der Waals surface area contributed by atoms with Crippen LogP contribution in [-0.4, -0.2) is 39.1 Å². The molecule has 1 saturated heterocycles. The number of likely N-dealkylation sites (tertiary alicyclic amines) is 1. The molecule has 4 nitrogen and oxygen atoms in total. The fourth-order valence-electron chi connectivity index (χ4n) is 4.35. The predicted octanol–water partition coefficient (Wildman–Crippen LogP) is 2.44. The fourth-order valence-corrected chi connectivity index (χ4v) is 5.31. The molecule has 0 amide bonds. The van der Waals surface area contributed by atoms with Crippen molar-refractivity contribution in [1.82, 2.24) is 14.7 Å². The van der Waals surface area contributed by atoms with Crippen LogP contribution < -0.4 is 5.56 Å². The molecule has 22 heavy (non-hydrogen) atoms. The van der Waals surface area contributed by atoms with E-state index in [0.29, 0.717) is 6.04 Å². The topological polar surface area (TPSA) is 38.1 Å². The molecular weight excluding hydrogens is 294 g/mol. The van der Waals surface area contributed by atoms with E-state index in [-0.39, 0.29) is 5.56 Å². The molecular formula is C17H25N3OS. The fraction of sp³-hybridized carbons (Fsp3) is 0.765. The molecule has 1 aliphatic carbocycles. The number of aryl methyl sites for hydroxylation is 1. The summed E-state index contributed by atoms with van der Waals surface area (Å²) in [7, 11) is 0. The van der Waals surface area contributed by atoms with E-state index in [1.54, 1.807) is 4.68 Å². The van der Waals surface area contributed by atoms with Gasteiger partial charge in [0.15, 0.2) is 0 Å². The molecule has 1 aromatic heterocycles. The third kappa shape index (κ3) is 2.85. The molecule has 0 aromatic carbocycles. The van der Waals surface area contributed by atoms with Gasteiger partial charge in [-0.05, 0) is 43.5 Å². The summed E-state index contributed by atoms with van der Waals surface area (Å²) in [6.07, 6.45) is 8.96. The highest BCUT2D eigenvalue weighted by Crippen LogP contribution is 2.30. The number of thioether (sulfide) groups is 1. The summed E-state index contributed by atoms with van der Waals surface area (Å²) in [6.45, 7) is 2.00. The standard InChI is InChI=1S/C17H25N3OS/c21-17-10-13-12-22-9-7-16(13)18-20(17)11-15-6-3-8-19(15)14-4-1-2-5-14/h10,14-15H,1-9,11-12H2. The molecule has 1 unspecified atom stereocenters. The molecule has 3 aliphatic rings. The van der Waals surface area contributed by atoms with E-state index in [4.69, 9.17) is 5.10 Å². The number of nitrogens with zero attached hydrogens (tertiary/aromatic N) is 3. The van der Waals surface area contributed by atoms with Crippen molar-refractivity contribution in [2.24, 2.45) is 0 Å². The highest BCUT2D eigenvalue weighted by molar-refractivity contribution is 7.98. The van der Waals surface area contributed by atoms with Crippen LogP contribution in [0.2, 0.25) is 0 Å². The number of aromatic nitrogens is 2. The molecule has 3 heterocycles. The van der Waals surface area contributed by atoms with Crippen LogP contribution in [0.1, 0.15) is 49.8 Å². The van der Waals surface area contributed by atoms with Crippen LogP contribution in [0.15, 0.2) is 10.9 Å². The zero-order valence-electron chi connectivity index (χ0n) is 13.2. The number of fused-ring (bicyclic) bond motifs is 1. The second-order valence-corrected chi connectivity index (χ2v) is 8.02. The van der Waals surface area contributed by atoms with Gasteiger partial charge in [0.1, 0.15) is 0 Å². The Labute approximate surface area is 136 Å². The first kappa shape index (κ1) is 14.8. The molecule has 0 spiro atoms. The van der Waals surface area contributed by atoms with Gasteiger partial charge in [-0.15, -0.1) is 0 Å². The molecule has 2 fully saturated rings. The van der Waals surface area contributed by atoms with Crippen molar-refractivity contribution in [3.8, 4) is 0 Å². The molecule has 1 aromatic rings. The van der Waals surface area contributed by atoms with E-state index in [9.17, 15) is 4.79 Å². The first-order valence-corrected chi connectivity index (χ1v) is 9.90. The van der Waals surface area contributed by atoms with Gasteiger partial charge in [0, 0.05) is 30.3 Å².